The number of terminal acetylenes is 1. The lowest BCUT2D eigenvalue weighted by Gasteiger charge is -2.25. The first kappa shape index (κ1) is 21.1. The molecule has 0 aliphatic carbocycles. The van der Waals surface area contributed by atoms with E-state index in [2.05, 4.69) is 87.0 Å². The number of rotatable bonds is 1. The quantitative estimate of drug-likeness (QED) is 0.567. The second-order valence-electron chi connectivity index (χ2n) is 8.06. The van der Waals surface area contributed by atoms with Gasteiger partial charge < -0.3 is 5.32 Å². The monoisotopic (exact) mass is 386 g/mol. The highest BCUT2D eigenvalue weighted by molar-refractivity contribution is 5.72. The Kier molecular flexibility index (Phi) is 6.72. The molecule has 0 atom stereocenters. The highest BCUT2D eigenvalue weighted by Crippen LogP contribution is 2.37. The predicted octanol–water partition coefficient (Wildman–Crippen LogP) is 3.88. The minimum atomic E-state index is 1.03. The third-order valence-electron chi connectivity index (χ3n) is 6.46. The Hall–Kier alpha value is -2.63. The maximum atomic E-state index is 4.00. The molecule has 1 aromatic carbocycles. The van der Waals surface area contributed by atoms with Crippen LogP contribution in [0.5, 0.6) is 0 Å². The van der Waals surface area contributed by atoms with Crippen LogP contribution < -0.4 is 9.88 Å². The minimum absolute atomic E-state index is 1.03. The smallest absolute Gasteiger partial charge is 0.213 e. The van der Waals surface area contributed by atoms with Gasteiger partial charge in [-0.2, -0.15) is 4.57 Å². The van der Waals surface area contributed by atoms with Gasteiger partial charge in [0.1, 0.15) is 5.70 Å². The summed E-state index contributed by atoms with van der Waals surface area (Å²) >= 11 is 0. The molecule has 0 saturated carbocycles. The van der Waals surface area contributed by atoms with Crippen LogP contribution in [0, 0.1) is 33.6 Å². The molecule has 2 aliphatic rings. The fraction of sp³-hybridized carbons (Fsp3) is 0.370. The maximum absolute atomic E-state index is 4.00. The van der Waals surface area contributed by atoms with E-state index in [1.54, 1.807) is 16.7 Å². The zero-order valence-corrected chi connectivity index (χ0v) is 18.4. The Bertz CT molecular complexity index is 990. The highest BCUT2D eigenvalue weighted by atomic mass is 15.0. The fourth-order valence-electron chi connectivity index (χ4n) is 4.77. The van der Waals surface area contributed by atoms with Gasteiger partial charge in [-0.05, 0) is 66.6 Å². The number of quaternary nitrogens is 1. The van der Waals surface area contributed by atoms with E-state index in [0.717, 1.165) is 38.8 Å². The second kappa shape index (κ2) is 9.25. The van der Waals surface area contributed by atoms with Crippen molar-refractivity contribution in [1.29, 1.82) is 0 Å². The van der Waals surface area contributed by atoms with E-state index >= 15 is 0 Å². The van der Waals surface area contributed by atoms with E-state index in [4.69, 9.17) is 0 Å². The van der Waals surface area contributed by atoms with Crippen LogP contribution >= 0.6 is 0 Å². The normalized spacial score (nSPS) is 18.1. The number of allylic oxidation sites excluding steroid dienone is 4. The molecule has 0 amide bonds. The summed E-state index contributed by atoms with van der Waals surface area (Å²) < 4.78 is 2.45. The minimum Gasteiger partial charge on any atom is -0.317 e. The zero-order valence-electron chi connectivity index (χ0n) is 18.4. The Morgan fingerprint density at radius 3 is 2.55 bits per heavy atom. The molecule has 0 spiro atoms. The molecular weight excluding hydrogens is 352 g/mol. The summed E-state index contributed by atoms with van der Waals surface area (Å²) in [6, 6.07) is 4.62. The van der Waals surface area contributed by atoms with Gasteiger partial charge >= 0.3 is 0 Å². The van der Waals surface area contributed by atoms with Crippen LogP contribution in [0.3, 0.4) is 0 Å². The van der Waals surface area contributed by atoms with Crippen LogP contribution in [0.2, 0.25) is 0 Å². The van der Waals surface area contributed by atoms with Crippen molar-refractivity contribution < 1.29 is 9.88 Å². The van der Waals surface area contributed by atoms with Crippen molar-refractivity contribution in [2.75, 3.05) is 6.54 Å². The average Bonchev–Trinajstić information content (AvgIpc) is 2.75. The molecule has 0 fully saturated rings. The molecule has 1 aromatic heterocycles. The zero-order chi connectivity index (χ0) is 21.0. The summed E-state index contributed by atoms with van der Waals surface area (Å²) in [5.74, 6) is 0. The number of nitrogens with two attached hydrogens (primary N) is 1. The first-order valence-electron chi connectivity index (χ1n) is 10.8. The first-order chi connectivity index (χ1) is 14.1. The molecule has 0 bridgehead atoms. The molecule has 4 rings (SSSR count). The lowest BCUT2D eigenvalue weighted by molar-refractivity contribution is -0.687. The molecular formula is C27H34N2+2. The number of nitrogens with zero attached hydrogens (tertiary/aromatic N) is 1. The van der Waals surface area contributed by atoms with Gasteiger partial charge in [-0.15, -0.1) is 12.8 Å². The fourth-order valence-corrected chi connectivity index (χ4v) is 4.77. The van der Waals surface area contributed by atoms with Crippen LogP contribution in [0.15, 0.2) is 42.3 Å². The molecule has 0 radical (unpaired) electrons. The number of hydrogen-bond donors (Lipinski definition) is 1. The molecule has 2 heteroatoms. The Labute approximate surface area is 176 Å². The van der Waals surface area contributed by atoms with Gasteiger partial charge in [-0.3, -0.25) is 0 Å². The predicted molar refractivity (Wildman–Crippen MR) is 122 cm³/mol. The van der Waals surface area contributed by atoms with Gasteiger partial charge in [0.05, 0.1) is 12.1 Å². The van der Waals surface area contributed by atoms with Crippen molar-refractivity contribution >= 4 is 0 Å². The molecule has 2 aliphatic heterocycles. The number of aromatic nitrogens is 1. The summed E-state index contributed by atoms with van der Waals surface area (Å²) in [4.78, 5) is 0. The van der Waals surface area contributed by atoms with E-state index in [0.29, 0.717) is 0 Å². The van der Waals surface area contributed by atoms with Gasteiger partial charge in [0.2, 0.25) is 5.69 Å². The average molecular weight is 387 g/mol. The largest absolute Gasteiger partial charge is 0.317 e. The third-order valence-corrected chi connectivity index (χ3v) is 6.46. The summed E-state index contributed by atoms with van der Waals surface area (Å²) in [7, 11) is 0. The topological polar surface area (TPSA) is 20.5 Å². The van der Waals surface area contributed by atoms with Crippen molar-refractivity contribution in [3.8, 4) is 24.1 Å². The number of aryl methyl sites for hydroxylation is 2. The van der Waals surface area contributed by atoms with Gasteiger partial charge in [-0.1, -0.05) is 19.1 Å². The first-order valence-corrected chi connectivity index (χ1v) is 10.8. The number of hydrogen-bond acceptors (Lipinski definition) is 0. The van der Waals surface area contributed by atoms with Crippen molar-refractivity contribution in [1.82, 2.24) is 0 Å². The Balaban J connectivity index is 0.00000117. The van der Waals surface area contributed by atoms with Crippen molar-refractivity contribution in [2.24, 2.45) is 0 Å². The van der Waals surface area contributed by atoms with Crippen molar-refractivity contribution in [2.45, 2.75) is 59.9 Å². The SMILES string of the molecule is C#C.CC/C1=C/C=C\Cc2c(c(C)c(C)c3c2-c2cc(C)cc[n+]2CC3)CC[NH2+]1. The Morgan fingerprint density at radius 2 is 1.79 bits per heavy atom. The van der Waals surface area contributed by atoms with Gasteiger partial charge in [-0.25, -0.2) is 0 Å². The highest BCUT2D eigenvalue weighted by Gasteiger charge is 2.29. The molecule has 0 unspecified atom stereocenters. The molecule has 2 aromatic rings. The Morgan fingerprint density at radius 1 is 1.03 bits per heavy atom. The number of pyridine rings is 1. The van der Waals surface area contributed by atoms with Crippen LogP contribution in [-0.2, 0) is 25.8 Å². The lowest BCUT2D eigenvalue weighted by Crippen LogP contribution is -2.82. The second-order valence-corrected chi connectivity index (χ2v) is 8.06. The summed E-state index contributed by atoms with van der Waals surface area (Å²) in [5, 5.41) is 2.43. The van der Waals surface area contributed by atoms with E-state index in [1.165, 1.54) is 33.6 Å². The lowest BCUT2D eigenvalue weighted by atomic mass is 9.81. The van der Waals surface area contributed by atoms with Crippen LogP contribution in [0.4, 0.5) is 0 Å². The maximum Gasteiger partial charge on any atom is 0.213 e. The van der Waals surface area contributed by atoms with Crippen LogP contribution in [-0.4, -0.2) is 6.54 Å². The van der Waals surface area contributed by atoms with E-state index in [-0.39, 0.29) is 0 Å². The number of fused-ring (bicyclic) bond motifs is 5. The summed E-state index contributed by atoms with van der Waals surface area (Å²) in [6.45, 7) is 11.4. The third kappa shape index (κ3) is 4.07. The van der Waals surface area contributed by atoms with E-state index in [1.807, 2.05) is 0 Å². The molecule has 150 valence electrons. The summed E-state index contributed by atoms with van der Waals surface area (Å²) in [6.07, 6.45) is 21.6. The summed E-state index contributed by atoms with van der Waals surface area (Å²) in [5.41, 5.74) is 13.5. The van der Waals surface area contributed by atoms with Gasteiger partial charge in [0.25, 0.3) is 0 Å². The molecule has 0 saturated heterocycles. The molecule has 2 N–H and O–H groups in total. The van der Waals surface area contributed by atoms with Crippen molar-refractivity contribution in [3.05, 3.63) is 75.6 Å². The molecule has 2 nitrogen and oxygen atoms in total. The number of benzene rings is 1. The molecule has 29 heavy (non-hydrogen) atoms. The molecule has 3 heterocycles. The van der Waals surface area contributed by atoms with E-state index in [9.17, 15) is 0 Å². The van der Waals surface area contributed by atoms with Crippen LogP contribution in [0.1, 0.15) is 46.7 Å². The van der Waals surface area contributed by atoms with Gasteiger partial charge in [0, 0.05) is 31.4 Å². The van der Waals surface area contributed by atoms with Gasteiger partial charge in [0.15, 0.2) is 12.7 Å². The van der Waals surface area contributed by atoms with Crippen molar-refractivity contribution in [3.63, 3.8) is 0 Å². The van der Waals surface area contributed by atoms with Crippen LogP contribution in [0.25, 0.3) is 11.3 Å². The standard InChI is InChI=1S/C25H31N2.C2H2/c1-5-20-8-6-7-9-23-21(10-13-26-20)18(3)19(4)22-12-15-27-14-11-17(2)16-24(27)25(22)23;1-2/h6-8,11,14,16,26H,5,9-10,12-13,15H2,1-4H3;1-2H/q+1;/p+1/b7-6-,20-8-;. The van der Waals surface area contributed by atoms with E-state index < -0.39 is 0 Å².